The molecule has 23 heavy (non-hydrogen) atoms. The van der Waals surface area contributed by atoms with E-state index < -0.39 is 16.1 Å². The lowest BCUT2D eigenvalue weighted by molar-refractivity contribution is -0.123. The molecule has 0 aromatic heterocycles. The highest BCUT2D eigenvalue weighted by Gasteiger charge is 2.22. The van der Waals surface area contributed by atoms with Crippen LogP contribution in [-0.2, 0) is 14.8 Å². The summed E-state index contributed by atoms with van der Waals surface area (Å²) in [5.74, 6) is -0.374. The Balaban J connectivity index is 2.00. The van der Waals surface area contributed by atoms with E-state index in [9.17, 15) is 13.2 Å². The van der Waals surface area contributed by atoms with Crippen LogP contribution in [0.5, 0.6) is 0 Å². The van der Waals surface area contributed by atoms with Crippen LogP contribution in [-0.4, -0.2) is 20.4 Å². The Hall–Kier alpha value is -2.18. The summed E-state index contributed by atoms with van der Waals surface area (Å²) in [7, 11) is -3.72. The minimum Gasteiger partial charge on any atom is -0.348 e. The Morgan fingerprint density at radius 2 is 1.43 bits per heavy atom. The average molecular weight is 332 g/mol. The first-order valence-corrected chi connectivity index (χ1v) is 8.81. The van der Waals surface area contributed by atoms with Crippen molar-refractivity contribution in [3.63, 3.8) is 0 Å². The van der Waals surface area contributed by atoms with E-state index >= 15 is 0 Å². The Labute approximate surface area is 136 Å². The Morgan fingerprint density at radius 1 is 0.913 bits per heavy atom. The molecule has 0 saturated heterocycles. The normalized spacial score (nSPS) is 14.0. The van der Waals surface area contributed by atoms with Crippen LogP contribution in [0.2, 0.25) is 0 Å². The summed E-state index contributed by atoms with van der Waals surface area (Å²) < 4.78 is 26.8. The van der Waals surface area contributed by atoms with Crippen LogP contribution in [0.3, 0.4) is 0 Å². The Morgan fingerprint density at radius 3 is 2.00 bits per heavy atom. The second-order valence-electron chi connectivity index (χ2n) is 5.30. The van der Waals surface area contributed by atoms with Crippen LogP contribution in [0, 0.1) is 0 Å². The van der Waals surface area contributed by atoms with Crippen molar-refractivity contribution in [2.24, 2.45) is 0 Å². The fraction of sp³-hybridized carbons (Fsp3) is 0.235. The highest BCUT2D eigenvalue weighted by molar-refractivity contribution is 7.89. The predicted molar refractivity (Wildman–Crippen MR) is 89.2 cm³/mol. The molecule has 0 spiro atoms. The van der Waals surface area contributed by atoms with Gasteiger partial charge < -0.3 is 5.32 Å². The van der Waals surface area contributed by atoms with Crippen molar-refractivity contribution in [1.29, 1.82) is 0 Å². The van der Waals surface area contributed by atoms with Gasteiger partial charge in [-0.1, -0.05) is 48.5 Å². The van der Waals surface area contributed by atoms with E-state index in [-0.39, 0.29) is 16.8 Å². The standard InChI is InChI=1S/C17H20N2O3S/c1-13(15-9-5-3-6-10-15)18-17(20)14(2)19-23(21,22)16-11-7-4-8-12-16/h3-14,19H,1-2H3,(H,18,20)/t13-,14+/m1/s1. The highest BCUT2D eigenvalue weighted by Crippen LogP contribution is 2.12. The fourth-order valence-corrected chi connectivity index (χ4v) is 3.34. The molecule has 2 rings (SSSR count). The smallest absolute Gasteiger partial charge is 0.241 e. The van der Waals surface area contributed by atoms with Gasteiger partial charge in [-0.25, -0.2) is 8.42 Å². The lowest BCUT2D eigenvalue weighted by Crippen LogP contribution is -2.45. The first kappa shape index (κ1) is 17.2. The van der Waals surface area contributed by atoms with E-state index in [1.54, 1.807) is 18.2 Å². The van der Waals surface area contributed by atoms with Gasteiger partial charge in [0.1, 0.15) is 0 Å². The SMILES string of the molecule is C[C@H](NS(=O)(=O)c1ccccc1)C(=O)N[C@H](C)c1ccccc1. The highest BCUT2D eigenvalue weighted by atomic mass is 32.2. The molecule has 2 N–H and O–H groups in total. The molecule has 0 heterocycles. The van der Waals surface area contributed by atoms with E-state index in [1.165, 1.54) is 19.1 Å². The quantitative estimate of drug-likeness (QED) is 0.852. The summed E-state index contributed by atoms with van der Waals surface area (Å²) in [5, 5.41) is 2.80. The first-order chi connectivity index (χ1) is 10.9. The van der Waals surface area contributed by atoms with Crippen LogP contribution in [0.4, 0.5) is 0 Å². The van der Waals surface area contributed by atoms with Gasteiger partial charge in [-0.3, -0.25) is 4.79 Å². The minimum absolute atomic E-state index is 0.135. The number of benzene rings is 2. The average Bonchev–Trinajstić information content (AvgIpc) is 2.56. The molecule has 0 radical (unpaired) electrons. The van der Waals surface area contributed by atoms with Crippen LogP contribution < -0.4 is 10.0 Å². The zero-order valence-electron chi connectivity index (χ0n) is 13.1. The predicted octanol–water partition coefficient (Wildman–Crippen LogP) is 2.23. The van der Waals surface area contributed by atoms with Crippen LogP contribution in [0.1, 0.15) is 25.5 Å². The number of rotatable bonds is 6. The molecule has 0 unspecified atom stereocenters. The van der Waals surface area contributed by atoms with Crippen molar-refractivity contribution in [3.8, 4) is 0 Å². The van der Waals surface area contributed by atoms with Gasteiger partial charge in [0, 0.05) is 0 Å². The van der Waals surface area contributed by atoms with Gasteiger partial charge in [-0.05, 0) is 31.5 Å². The molecule has 0 aliphatic rings. The van der Waals surface area contributed by atoms with Crippen LogP contribution in [0.25, 0.3) is 0 Å². The van der Waals surface area contributed by atoms with Crippen molar-refractivity contribution in [2.75, 3.05) is 0 Å². The minimum atomic E-state index is -3.72. The topological polar surface area (TPSA) is 75.3 Å². The summed E-state index contributed by atoms with van der Waals surface area (Å²) in [4.78, 5) is 12.3. The van der Waals surface area contributed by atoms with Gasteiger partial charge in [0.25, 0.3) is 0 Å². The molecule has 0 fully saturated rings. The number of amides is 1. The molecule has 5 nitrogen and oxygen atoms in total. The van der Waals surface area contributed by atoms with Crippen molar-refractivity contribution in [3.05, 3.63) is 66.2 Å². The Bertz CT molecular complexity index is 746. The van der Waals surface area contributed by atoms with Gasteiger partial charge >= 0.3 is 0 Å². The molecule has 1 amide bonds. The second-order valence-corrected chi connectivity index (χ2v) is 7.01. The van der Waals surface area contributed by atoms with Gasteiger partial charge in [0.05, 0.1) is 17.0 Å². The molecule has 0 aliphatic heterocycles. The van der Waals surface area contributed by atoms with Gasteiger partial charge in [0.15, 0.2) is 0 Å². The number of nitrogens with one attached hydrogen (secondary N) is 2. The maximum atomic E-state index is 12.2. The third-order valence-electron chi connectivity index (χ3n) is 3.44. The molecular weight excluding hydrogens is 312 g/mol. The lowest BCUT2D eigenvalue weighted by atomic mass is 10.1. The molecule has 6 heteroatoms. The molecule has 0 bridgehead atoms. The largest absolute Gasteiger partial charge is 0.348 e. The van der Waals surface area contributed by atoms with E-state index in [0.29, 0.717) is 0 Å². The van der Waals surface area contributed by atoms with Crippen molar-refractivity contribution >= 4 is 15.9 Å². The van der Waals surface area contributed by atoms with Crippen molar-refractivity contribution < 1.29 is 13.2 Å². The van der Waals surface area contributed by atoms with Crippen molar-refractivity contribution in [2.45, 2.75) is 30.8 Å². The van der Waals surface area contributed by atoms with Crippen LogP contribution in [0.15, 0.2) is 65.6 Å². The molecule has 0 saturated carbocycles. The molecule has 2 aromatic carbocycles. The van der Waals surface area contributed by atoms with E-state index in [4.69, 9.17) is 0 Å². The second kappa shape index (κ2) is 7.39. The maximum Gasteiger partial charge on any atom is 0.241 e. The summed E-state index contributed by atoms with van der Waals surface area (Å²) >= 11 is 0. The number of hydrogen-bond acceptors (Lipinski definition) is 3. The number of hydrogen-bond donors (Lipinski definition) is 2. The third-order valence-corrected chi connectivity index (χ3v) is 4.99. The van der Waals surface area contributed by atoms with E-state index in [0.717, 1.165) is 5.56 Å². The lowest BCUT2D eigenvalue weighted by Gasteiger charge is -2.19. The zero-order chi connectivity index (χ0) is 16.9. The summed E-state index contributed by atoms with van der Waals surface area (Å²) in [6.45, 7) is 3.37. The summed E-state index contributed by atoms with van der Waals surface area (Å²) in [5.41, 5.74) is 0.957. The number of carbonyl (C=O) groups is 1. The first-order valence-electron chi connectivity index (χ1n) is 7.33. The summed E-state index contributed by atoms with van der Waals surface area (Å²) in [6.07, 6.45) is 0. The molecule has 122 valence electrons. The Kier molecular flexibility index (Phi) is 5.52. The van der Waals surface area contributed by atoms with Gasteiger partial charge in [-0.2, -0.15) is 4.72 Å². The third kappa shape index (κ3) is 4.64. The molecule has 2 aromatic rings. The number of carbonyl (C=O) groups excluding carboxylic acids is 1. The maximum absolute atomic E-state index is 12.2. The monoisotopic (exact) mass is 332 g/mol. The van der Waals surface area contributed by atoms with Crippen molar-refractivity contribution in [1.82, 2.24) is 10.0 Å². The van der Waals surface area contributed by atoms with Gasteiger partial charge in [-0.15, -0.1) is 0 Å². The molecule has 0 aliphatic carbocycles. The molecule has 2 atom stereocenters. The van der Waals surface area contributed by atoms with E-state index in [2.05, 4.69) is 10.0 Å². The van der Waals surface area contributed by atoms with Crippen LogP contribution >= 0.6 is 0 Å². The fourth-order valence-electron chi connectivity index (χ4n) is 2.12. The van der Waals surface area contributed by atoms with E-state index in [1.807, 2.05) is 37.3 Å². The number of sulfonamides is 1. The molecular formula is C17H20N2O3S. The van der Waals surface area contributed by atoms with Gasteiger partial charge in [0.2, 0.25) is 15.9 Å². The zero-order valence-corrected chi connectivity index (χ0v) is 13.9. The summed E-state index contributed by atoms with van der Waals surface area (Å²) in [6, 6.07) is 16.4.